The topological polar surface area (TPSA) is 0 Å². The zero-order valence-corrected chi connectivity index (χ0v) is 31.1. The number of hydrogen-bond acceptors (Lipinski definition) is 0. The van der Waals surface area contributed by atoms with E-state index in [0.29, 0.717) is 11.8 Å². The Labute approximate surface area is 290 Å². The second-order valence-corrected chi connectivity index (χ2v) is 16.7. The minimum Gasteiger partial charge on any atom is -0.0657 e. The fourth-order valence-electron chi connectivity index (χ4n) is 11.2. The number of aryl methyl sites for hydroxylation is 2. The zero-order valence-electron chi connectivity index (χ0n) is 31.1. The molecule has 4 aromatic carbocycles. The van der Waals surface area contributed by atoms with E-state index in [1.807, 2.05) is 0 Å². The lowest BCUT2D eigenvalue weighted by Crippen LogP contribution is -2.30. The highest BCUT2D eigenvalue weighted by atomic mass is 14.6. The summed E-state index contributed by atoms with van der Waals surface area (Å²) in [6.07, 6.45) is 11.3. The highest BCUT2D eigenvalue weighted by Crippen LogP contribution is 2.67. The Morgan fingerprint density at radius 1 is 0.625 bits per heavy atom. The molecule has 0 heterocycles. The predicted molar refractivity (Wildman–Crippen MR) is 208 cm³/mol. The van der Waals surface area contributed by atoms with Crippen molar-refractivity contribution in [3.63, 3.8) is 0 Å². The highest BCUT2D eigenvalue weighted by Gasteiger charge is 2.54. The summed E-state index contributed by atoms with van der Waals surface area (Å²) >= 11 is 0. The van der Waals surface area contributed by atoms with Gasteiger partial charge in [-0.25, -0.2) is 0 Å². The first-order chi connectivity index (χ1) is 22.9. The third-order valence-corrected chi connectivity index (χ3v) is 13.4. The molecule has 4 aromatic rings. The molecule has 8 rings (SSSR count). The Hall–Kier alpha value is -3.64. The molecule has 1 unspecified atom stereocenters. The summed E-state index contributed by atoms with van der Waals surface area (Å²) in [4.78, 5) is 0. The Morgan fingerprint density at radius 3 is 2.00 bits per heavy atom. The van der Waals surface area contributed by atoms with Crippen molar-refractivity contribution in [1.29, 1.82) is 0 Å². The standard InChI is InChI=1S/C48H54/c1-11-30(12-2)32-25-33(31(13-3)14-4)27-48(26-32)40-22-21-37-43(41(40)36-20-19-34-29(6)23-28(5)24-38(34)42(36)48)47(9,10)44-35-17-15-16-18-39(35)46(7,8)45(37)44/h15-26,30-31H,11-14,27H2,1-10H3. The van der Waals surface area contributed by atoms with Gasteiger partial charge in [0, 0.05) is 16.2 Å². The Bertz CT molecular complexity index is 2110. The van der Waals surface area contributed by atoms with Crippen LogP contribution in [0.1, 0.15) is 132 Å². The van der Waals surface area contributed by atoms with Gasteiger partial charge in [0.1, 0.15) is 0 Å². The van der Waals surface area contributed by atoms with Gasteiger partial charge in [-0.05, 0) is 135 Å². The molecule has 0 amide bonds. The molecule has 0 nitrogen and oxygen atoms in total. The first-order valence-electron chi connectivity index (χ1n) is 19.0. The smallest absolute Gasteiger partial charge is 0.0443 e. The molecule has 4 aliphatic rings. The van der Waals surface area contributed by atoms with Gasteiger partial charge >= 0.3 is 0 Å². The minimum atomic E-state index is -0.180. The molecular weight excluding hydrogens is 577 g/mol. The van der Waals surface area contributed by atoms with Crippen molar-refractivity contribution in [2.45, 2.75) is 118 Å². The number of allylic oxidation sites excluding steroid dienone is 6. The van der Waals surface area contributed by atoms with Crippen molar-refractivity contribution >= 4 is 21.9 Å². The minimum absolute atomic E-state index is 0.0296. The van der Waals surface area contributed by atoms with Crippen LogP contribution in [-0.4, -0.2) is 0 Å². The largest absolute Gasteiger partial charge is 0.0657 e. The molecule has 1 atom stereocenters. The van der Waals surface area contributed by atoms with Crippen molar-refractivity contribution in [2.24, 2.45) is 11.8 Å². The van der Waals surface area contributed by atoms with E-state index in [4.69, 9.17) is 0 Å². The van der Waals surface area contributed by atoms with Crippen molar-refractivity contribution < 1.29 is 0 Å². The molecule has 246 valence electrons. The molecule has 0 radical (unpaired) electrons. The van der Waals surface area contributed by atoms with Crippen molar-refractivity contribution in [1.82, 2.24) is 0 Å². The molecule has 0 aliphatic heterocycles. The van der Waals surface area contributed by atoms with Crippen LogP contribution in [-0.2, 0) is 16.2 Å². The fraction of sp³-hybridized carbons (Fsp3) is 0.417. The molecule has 0 fully saturated rings. The van der Waals surface area contributed by atoms with Crippen LogP contribution in [0.2, 0.25) is 0 Å². The molecular formula is C48H54. The molecule has 0 saturated heterocycles. The SMILES string of the molecule is CCC(CC)C1=CC2(CC(C(CC)CC)=C1)c1ccc3c(c1-c1ccc4c(C)cc(C)cc4c12)C(C)(C)C1=C3C(C)(C)c2ccccc21. The maximum atomic E-state index is 2.78. The molecule has 0 heteroatoms. The maximum Gasteiger partial charge on any atom is 0.0443 e. The van der Waals surface area contributed by atoms with Crippen LogP contribution in [0.4, 0.5) is 0 Å². The highest BCUT2D eigenvalue weighted by molar-refractivity contribution is 6.12. The van der Waals surface area contributed by atoms with Gasteiger partial charge in [0.2, 0.25) is 0 Å². The van der Waals surface area contributed by atoms with Crippen LogP contribution in [0.3, 0.4) is 0 Å². The summed E-state index contributed by atoms with van der Waals surface area (Å²) in [6, 6.07) is 24.2. The Balaban J connectivity index is 1.50. The van der Waals surface area contributed by atoms with Gasteiger partial charge in [0.25, 0.3) is 0 Å². The van der Waals surface area contributed by atoms with E-state index in [9.17, 15) is 0 Å². The average molecular weight is 631 g/mol. The van der Waals surface area contributed by atoms with Gasteiger partial charge in [0.05, 0.1) is 0 Å². The van der Waals surface area contributed by atoms with Crippen LogP contribution in [0, 0.1) is 25.7 Å². The van der Waals surface area contributed by atoms with Gasteiger partial charge in [-0.1, -0.05) is 139 Å². The molecule has 0 aromatic heterocycles. The molecule has 0 bridgehead atoms. The molecule has 0 N–H and O–H groups in total. The molecule has 0 saturated carbocycles. The fourth-order valence-corrected chi connectivity index (χ4v) is 11.2. The predicted octanol–water partition coefficient (Wildman–Crippen LogP) is 13.3. The lowest BCUT2D eigenvalue weighted by molar-refractivity contribution is 0.491. The second-order valence-electron chi connectivity index (χ2n) is 16.7. The third-order valence-electron chi connectivity index (χ3n) is 13.4. The number of hydrogen-bond donors (Lipinski definition) is 0. The van der Waals surface area contributed by atoms with E-state index in [2.05, 4.69) is 142 Å². The van der Waals surface area contributed by atoms with Gasteiger partial charge in [-0.2, -0.15) is 0 Å². The first-order valence-corrected chi connectivity index (χ1v) is 19.0. The van der Waals surface area contributed by atoms with E-state index < -0.39 is 0 Å². The average Bonchev–Trinajstić information content (AvgIpc) is 3.58. The van der Waals surface area contributed by atoms with E-state index in [1.165, 1.54) is 75.4 Å². The van der Waals surface area contributed by atoms with Crippen LogP contribution in [0.5, 0.6) is 0 Å². The van der Waals surface area contributed by atoms with Crippen molar-refractivity contribution in [2.75, 3.05) is 0 Å². The summed E-state index contributed by atoms with van der Waals surface area (Å²) in [5, 5.41) is 2.87. The van der Waals surface area contributed by atoms with Crippen LogP contribution in [0.15, 0.2) is 84.0 Å². The van der Waals surface area contributed by atoms with Crippen molar-refractivity contribution in [3.8, 4) is 11.1 Å². The summed E-state index contributed by atoms with van der Waals surface area (Å²) in [5.74, 6) is 1.19. The molecule has 48 heavy (non-hydrogen) atoms. The van der Waals surface area contributed by atoms with E-state index in [1.54, 1.807) is 39.0 Å². The van der Waals surface area contributed by atoms with Crippen LogP contribution >= 0.6 is 0 Å². The second kappa shape index (κ2) is 10.7. The number of benzene rings is 4. The number of fused-ring (bicyclic) bond motifs is 12. The monoisotopic (exact) mass is 630 g/mol. The Kier molecular flexibility index (Phi) is 7.03. The number of rotatable bonds is 6. The van der Waals surface area contributed by atoms with Gasteiger partial charge in [-0.15, -0.1) is 0 Å². The lowest BCUT2D eigenvalue weighted by Gasteiger charge is -2.39. The summed E-state index contributed by atoms with van der Waals surface area (Å²) < 4.78 is 0. The van der Waals surface area contributed by atoms with Gasteiger partial charge < -0.3 is 0 Å². The maximum absolute atomic E-state index is 2.78. The molecule has 1 spiro atoms. The first kappa shape index (κ1) is 31.6. The van der Waals surface area contributed by atoms with E-state index in [0.717, 1.165) is 6.42 Å². The zero-order chi connectivity index (χ0) is 33.9. The lowest BCUT2D eigenvalue weighted by atomic mass is 9.64. The quantitative estimate of drug-likeness (QED) is 0.199. The van der Waals surface area contributed by atoms with Crippen molar-refractivity contribution in [3.05, 3.63) is 128 Å². The van der Waals surface area contributed by atoms with Crippen LogP contribution < -0.4 is 0 Å². The third kappa shape index (κ3) is 3.95. The summed E-state index contributed by atoms with van der Waals surface area (Å²) in [7, 11) is 0. The van der Waals surface area contributed by atoms with Crippen LogP contribution in [0.25, 0.3) is 33.0 Å². The van der Waals surface area contributed by atoms with E-state index in [-0.39, 0.29) is 16.2 Å². The Morgan fingerprint density at radius 2 is 1.29 bits per heavy atom. The molecule has 4 aliphatic carbocycles. The normalized spacial score (nSPS) is 21.1. The van der Waals surface area contributed by atoms with Gasteiger partial charge in [-0.3, -0.25) is 0 Å². The van der Waals surface area contributed by atoms with Gasteiger partial charge in [0.15, 0.2) is 0 Å². The summed E-state index contributed by atoms with van der Waals surface area (Å²) in [6.45, 7) is 24.1. The summed E-state index contributed by atoms with van der Waals surface area (Å²) in [5.41, 5.74) is 20.9. The van der Waals surface area contributed by atoms with E-state index >= 15 is 0 Å².